The van der Waals surface area contributed by atoms with Gasteiger partial charge >= 0.3 is 5.97 Å². The van der Waals surface area contributed by atoms with Crippen molar-refractivity contribution in [1.29, 1.82) is 0 Å². The quantitative estimate of drug-likeness (QED) is 0.0458. The Kier molecular flexibility index (Phi) is 44.3. The van der Waals surface area contributed by atoms with Crippen molar-refractivity contribution in [2.75, 3.05) is 31.7 Å². The number of esters is 1. The van der Waals surface area contributed by atoms with Crippen LogP contribution in [0.1, 0.15) is 106 Å². The van der Waals surface area contributed by atoms with Crippen LogP contribution in [-0.4, -0.2) is 60.7 Å². The monoisotopic (exact) mass is 676 g/mol. The number of allylic oxidation sites excluding steroid dienone is 9. The highest BCUT2D eigenvalue weighted by atomic mass is 32.2. The van der Waals surface area contributed by atoms with E-state index in [1.165, 1.54) is 6.42 Å². The maximum Gasteiger partial charge on any atom is 0.306 e. The lowest BCUT2D eigenvalue weighted by Gasteiger charge is -2.29. The molecule has 0 fully saturated rings. The summed E-state index contributed by atoms with van der Waals surface area (Å²) in [5, 5.41) is 15.7. The summed E-state index contributed by atoms with van der Waals surface area (Å²) in [5.41, 5.74) is 2.09. The van der Waals surface area contributed by atoms with Gasteiger partial charge in [-0.3, -0.25) is 14.4 Å². The SMILES string of the molecule is C=C.CC.CC/C=C\C/C=C\C/C=C\C/C=C\CC=C=CCCC(=O)OCC(C)(C)[C@@H](O)C(=O)NCCC(=O)NCCSC.CCC. The molecule has 7 nitrogen and oxygen atoms in total. The molecular formula is C39H68N2O5S. The van der Waals surface area contributed by atoms with E-state index in [9.17, 15) is 19.5 Å². The number of aliphatic hydroxyl groups is 1. The molecule has 0 radical (unpaired) electrons. The molecule has 3 N–H and O–H groups in total. The Balaban J connectivity index is -0.00000122. The van der Waals surface area contributed by atoms with E-state index in [0.717, 1.165) is 37.9 Å². The highest BCUT2D eigenvalue weighted by molar-refractivity contribution is 7.98. The minimum Gasteiger partial charge on any atom is -0.465 e. The van der Waals surface area contributed by atoms with Crippen LogP contribution in [0, 0.1) is 5.41 Å². The number of nitrogens with one attached hydrogen (secondary N) is 2. The lowest BCUT2D eigenvalue weighted by molar-refractivity contribution is -0.153. The number of rotatable bonds is 22. The lowest BCUT2D eigenvalue weighted by atomic mass is 9.87. The molecule has 270 valence electrons. The summed E-state index contributed by atoms with van der Waals surface area (Å²) in [4.78, 5) is 36.0. The molecule has 8 heteroatoms. The van der Waals surface area contributed by atoms with E-state index in [2.05, 4.69) is 98.9 Å². The molecule has 47 heavy (non-hydrogen) atoms. The second-order valence-electron chi connectivity index (χ2n) is 10.5. The highest BCUT2D eigenvalue weighted by Gasteiger charge is 2.34. The van der Waals surface area contributed by atoms with Gasteiger partial charge in [0.25, 0.3) is 0 Å². The van der Waals surface area contributed by atoms with E-state index < -0.39 is 23.4 Å². The second kappa shape index (κ2) is 41.0. The van der Waals surface area contributed by atoms with Crippen molar-refractivity contribution in [2.24, 2.45) is 5.41 Å². The lowest BCUT2D eigenvalue weighted by Crippen LogP contribution is -2.47. The Hall–Kier alpha value is -3.06. The van der Waals surface area contributed by atoms with Gasteiger partial charge in [0.2, 0.25) is 11.8 Å². The zero-order valence-electron chi connectivity index (χ0n) is 30.9. The van der Waals surface area contributed by atoms with Crippen LogP contribution in [0.5, 0.6) is 0 Å². The predicted molar refractivity (Wildman–Crippen MR) is 206 cm³/mol. The smallest absolute Gasteiger partial charge is 0.306 e. The van der Waals surface area contributed by atoms with Gasteiger partial charge in [-0.25, -0.2) is 0 Å². The average molecular weight is 677 g/mol. The summed E-state index contributed by atoms with van der Waals surface area (Å²) in [6.45, 7) is 20.3. The van der Waals surface area contributed by atoms with E-state index in [1.807, 2.05) is 26.2 Å². The van der Waals surface area contributed by atoms with Gasteiger partial charge in [-0.05, 0) is 56.9 Å². The van der Waals surface area contributed by atoms with E-state index in [4.69, 9.17) is 4.74 Å². The third-order valence-corrected chi connectivity index (χ3v) is 6.19. The highest BCUT2D eigenvalue weighted by Crippen LogP contribution is 2.21. The first-order valence-electron chi connectivity index (χ1n) is 17.0. The number of carbonyl (C=O) groups excluding carboxylic acids is 3. The number of ether oxygens (including phenoxy) is 1. The zero-order chi connectivity index (χ0) is 36.6. The van der Waals surface area contributed by atoms with Gasteiger partial charge in [0.1, 0.15) is 6.10 Å². The third-order valence-electron chi connectivity index (χ3n) is 5.57. The Morgan fingerprint density at radius 3 is 1.85 bits per heavy atom. The third kappa shape index (κ3) is 39.0. The summed E-state index contributed by atoms with van der Waals surface area (Å²) in [6, 6.07) is 0. The normalized spacial score (nSPS) is 11.3. The van der Waals surface area contributed by atoms with E-state index in [0.29, 0.717) is 13.0 Å². The molecule has 0 spiro atoms. The summed E-state index contributed by atoms with van der Waals surface area (Å²) >= 11 is 1.63. The van der Waals surface area contributed by atoms with Crippen LogP contribution in [0.4, 0.5) is 0 Å². The number of carbonyl (C=O) groups is 3. The first-order chi connectivity index (χ1) is 22.7. The molecule has 0 rings (SSSR count). The fourth-order valence-electron chi connectivity index (χ4n) is 3.12. The molecule has 0 aromatic rings. The Bertz CT molecular complexity index is 932. The van der Waals surface area contributed by atoms with Crippen LogP contribution in [0.25, 0.3) is 0 Å². The van der Waals surface area contributed by atoms with Crippen LogP contribution in [0.3, 0.4) is 0 Å². The van der Waals surface area contributed by atoms with Gasteiger partial charge in [0, 0.05) is 37.1 Å². The van der Waals surface area contributed by atoms with Crippen LogP contribution in [0.2, 0.25) is 0 Å². The van der Waals surface area contributed by atoms with Crippen LogP contribution in [0.15, 0.2) is 79.6 Å². The molecule has 0 saturated heterocycles. The number of hydrogen-bond donors (Lipinski definition) is 3. The first kappa shape index (κ1) is 50.8. The average Bonchev–Trinajstić information content (AvgIpc) is 3.07. The summed E-state index contributed by atoms with van der Waals surface area (Å²) < 4.78 is 5.28. The van der Waals surface area contributed by atoms with Gasteiger partial charge in [-0.2, -0.15) is 11.8 Å². The Labute approximate surface area is 292 Å². The summed E-state index contributed by atoms with van der Waals surface area (Å²) in [6.07, 6.45) is 28.2. The van der Waals surface area contributed by atoms with Crippen molar-refractivity contribution in [2.45, 2.75) is 112 Å². The fourth-order valence-corrected chi connectivity index (χ4v) is 3.42. The maximum atomic E-state index is 12.3. The predicted octanol–water partition coefficient (Wildman–Crippen LogP) is 8.83. The molecule has 0 aliphatic rings. The molecule has 1 atom stereocenters. The van der Waals surface area contributed by atoms with Gasteiger partial charge in [-0.15, -0.1) is 18.9 Å². The number of amides is 2. The molecule has 2 amide bonds. The van der Waals surface area contributed by atoms with Crippen LogP contribution >= 0.6 is 11.8 Å². The van der Waals surface area contributed by atoms with Gasteiger partial charge in [0.05, 0.1) is 6.61 Å². The van der Waals surface area contributed by atoms with Crippen molar-refractivity contribution in [1.82, 2.24) is 10.6 Å². The van der Waals surface area contributed by atoms with Crippen molar-refractivity contribution in [3.8, 4) is 0 Å². The number of aliphatic hydroxyl groups excluding tert-OH is 1. The molecular weight excluding hydrogens is 609 g/mol. The van der Waals surface area contributed by atoms with Crippen LogP contribution in [-0.2, 0) is 19.1 Å². The van der Waals surface area contributed by atoms with Crippen LogP contribution < -0.4 is 10.6 Å². The zero-order valence-corrected chi connectivity index (χ0v) is 31.8. The number of hydrogen-bond acceptors (Lipinski definition) is 6. The minimum absolute atomic E-state index is 0.0963. The van der Waals surface area contributed by atoms with Gasteiger partial charge in [0.15, 0.2) is 0 Å². The van der Waals surface area contributed by atoms with E-state index >= 15 is 0 Å². The first-order valence-corrected chi connectivity index (χ1v) is 18.4. The fraction of sp³-hybridized carbons (Fsp3) is 0.590. The summed E-state index contributed by atoms with van der Waals surface area (Å²) in [5.74, 6) is -0.335. The Morgan fingerprint density at radius 2 is 1.34 bits per heavy atom. The molecule has 0 unspecified atom stereocenters. The number of thioether (sulfide) groups is 1. The van der Waals surface area contributed by atoms with E-state index in [-0.39, 0.29) is 31.9 Å². The molecule has 0 aromatic carbocycles. The molecule has 0 aromatic heterocycles. The second-order valence-corrected chi connectivity index (χ2v) is 11.5. The minimum atomic E-state index is -1.37. The Morgan fingerprint density at radius 1 is 0.830 bits per heavy atom. The standard InChI is InChI=1S/C32H50N2O5S.C3H8.C2H6.C2H4/c1-5-6-7-8-9-10-11-12-13-14-15-16-17-18-19-20-21-22-29(36)39-27-32(2,3)30(37)31(38)34-24-23-28(35)33-25-26-40-4;1-3-2;2*1-2/h6-7,9-10,12-13,15-16,18,20,30,37H,5,8,11,14,17,21-27H2,1-4H3,(H,33,35)(H,34,38);3H2,1-2H3;1-2H3;1-2H2/b7-6-,10-9-,13-12-,16-15-;;;/t19?,30-;;;/m0.../s1. The summed E-state index contributed by atoms with van der Waals surface area (Å²) in [7, 11) is 0. The van der Waals surface area contributed by atoms with E-state index in [1.54, 1.807) is 31.7 Å². The molecule has 0 saturated carbocycles. The van der Waals surface area contributed by atoms with Crippen molar-refractivity contribution in [3.05, 3.63) is 79.6 Å². The maximum absolute atomic E-state index is 12.3. The van der Waals surface area contributed by atoms with Crippen molar-refractivity contribution >= 4 is 29.5 Å². The molecule has 0 aliphatic carbocycles. The largest absolute Gasteiger partial charge is 0.465 e. The molecule has 0 bridgehead atoms. The molecule has 0 heterocycles. The van der Waals surface area contributed by atoms with Gasteiger partial charge in [-0.1, -0.05) is 103 Å². The topological polar surface area (TPSA) is 105 Å². The molecule has 0 aliphatic heterocycles. The van der Waals surface area contributed by atoms with Gasteiger partial charge < -0.3 is 20.5 Å². The van der Waals surface area contributed by atoms with Crippen molar-refractivity contribution < 1.29 is 24.2 Å². The van der Waals surface area contributed by atoms with Crippen molar-refractivity contribution in [3.63, 3.8) is 0 Å².